The highest BCUT2D eigenvalue weighted by Crippen LogP contribution is 2.32. The van der Waals surface area contributed by atoms with Crippen LogP contribution < -0.4 is 10.6 Å². The maximum Gasteiger partial charge on any atom is 0.416 e. The maximum absolute atomic E-state index is 13.0. The van der Waals surface area contributed by atoms with E-state index in [-0.39, 0.29) is 35.8 Å². The molecule has 0 fully saturated rings. The van der Waals surface area contributed by atoms with Crippen molar-refractivity contribution in [1.82, 2.24) is 30.4 Å². The molecule has 13 heteroatoms. The molecule has 1 atom stereocenters. The average Bonchev–Trinajstić information content (AvgIpc) is 3.23. The zero-order valence-corrected chi connectivity index (χ0v) is 19.2. The Labute approximate surface area is 199 Å². The third kappa shape index (κ3) is 6.23. The van der Waals surface area contributed by atoms with Crippen LogP contribution in [0.2, 0.25) is 5.02 Å². The monoisotopic (exact) mass is 500 g/mol. The molecule has 0 aliphatic heterocycles. The zero-order valence-electron chi connectivity index (χ0n) is 17.4. The van der Waals surface area contributed by atoms with Crippen molar-refractivity contribution >= 4 is 36.9 Å². The summed E-state index contributed by atoms with van der Waals surface area (Å²) in [5.74, 6) is -0.409. The molecule has 2 aromatic heterocycles. The lowest BCUT2D eigenvalue weighted by Gasteiger charge is -2.15. The highest BCUT2D eigenvalue weighted by Gasteiger charge is 2.32. The van der Waals surface area contributed by atoms with Gasteiger partial charge in [-0.05, 0) is 44.2 Å². The molecular formula is C20H20ClF3N6O2S. The van der Waals surface area contributed by atoms with Gasteiger partial charge < -0.3 is 10.6 Å². The molecule has 2 amide bonds. The quantitative estimate of drug-likeness (QED) is 0.537. The van der Waals surface area contributed by atoms with Crippen LogP contribution in [0, 0.1) is 0 Å². The maximum atomic E-state index is 13.0. The molecule has 33 heavy (non-hydrogen) atoms. The van der Waals surface area contributed by atoms with Crippen LogP contribution in [0.1, 0.15) is 52.0 Å². The van der Waals surface area contributed by atoms with Crippen molar-refractivity contribution < 1.29 is 22.8 Å². The molecule has 0 radical (unpaired) electrons. The van der Waals surface area contributed by atoms with Crippen LogP contribution >= 0.6 is 25.1 Å². The Balaban J connectivity index is 0.00000385. The van der Waals surface area contributed by atoms with Crippen LogP contribution in [0.15, 0.2) is 42.9 Å². The molecule has 3 rings (SSSR count). The minimum Gasteiger partial charge on any atom is -0.352 e. The van der Waals surface area contributed by atoms with Crippen LogP contribution in [-0.2, 0) is 6.18 Å². The lowest BCUT2D eigenvalue weighted by atomic mass is 10.1. The van der Waals surface area contributed by atoms with Crippen molar-refractivity contribution in [2.45, 2.75) is 26.1 Å². The SMILES string of the molecule is CCNC(=O)c1ccc(-n2ncnc2[C@H](C)NC(=O)c2cc(Cl)cc(C(F)(F)F)c2)nc1.S. The fourth-order valence-corrected chi connectivity index (χ4v) is 3.09. The van der Waals surface area contributed by atoms with Gasteiger partial charge in [0.1, 0.15) is 6.33 Å². The van der Waals surface area contributed by atoms with E-state index in [0.29, 0.717) is 17.9 Å². The summed E-state index contributed by atoms with van der Waals surface area (Å²) < 4.78 is 40.4. The number of benzene rings is 1. The molecule has 0 aliphatic rings. The highest BCUT2D eigenvalue weighted by atomic mass is 35.5. The van der Waals surface area contributed by atoms with Gasteiger partial charge in [-0.3, -0.25) is 9.59 Å². The van der Waals surface area contributed by atoms with Gasteiger partial charge in [0.15, 0.2) is 11.6 Å². The van der Waals surface area contributed by atoms with E-state index in [1.165, 1.54) is 17.2 Å². The van der Waals surface area contributed by atoms with Gasteiger partial charge in [-0.2, -0.15) is 36.4 Å². The van der Waals surface area contributed by atoms with Gasteiger partial charge in [0.2, 0.25) is 0 Å². The minimum absolute atomic E-state index is 0. The number of amides is 2. The number of halogens is 4. The van der Waals surface area contributed by atoms with Gasteiger partial charge in [0.25, 0.3) is 11.8 Å². The largest absolute Gasteiger partial charge is 0.416 e. The Kier molecular flexibility index (Phi) is 8.45. The van der Waals surface area contributed by atoms with E-state index in [4.69, 9.17) is 11.6 Å². The first-order valence-corrected chi connectivity index (χ1v) is 9.81. The minimum atomic E-state index is -4.64. The van der Waals surface area contributed by atoms with E-state index in [0.717, 1.165) is 18.2 Å². The molecular weight excluding hydrogens is 481 g/mol. The second-order valence-electron chi connectivity index (χ2n) is 6.72. The summed E-state index contributed by atoms with van der Waals surface area (Å²) in [6.07, 6.45) is -2.02. The summed E-state index contributed by atoms with van der Waals surface area (Å²) in [5, 5.41) is 9.11. The standard InChI is InChI=1S/C20H18ClF3N6O2.H2S/c1-3-25-18(31)12-4-5-16(26-9-12)30-17(27-10-28-30)11(2)29-19(32)13-6-14(20(22,23)24)8-15(21)7-13;/h4-11H,3H2,1-2H3,(H,25,31)(H,29,32);1H2/t11-;/m0./s1. The Hall–Kier alpha value is -3.12. The summed E-state index contributed by atoms with van der Waals surface area (Å²) in [5.41, 5.74) is -0.908. The third-order valence-electron chi connectivity index (χ3n) is 4.36. The van der Waals surface area contributed by atoms with Gasteiger partial charge in [0.05, 0.1) is 17.2 Å². The van der Waals surface area contributed by atoms with E-state index in [9.17, 15) is 22.8 Å². The number of hydrogen-bond acceptors (Lipinski definition) is 5. The van der Waals surface area contributed by atoms with Crippen molar-refractivity contribution in [3.05, 3.63) is 70.4 Å². The Bertz CT molecular complexity index is 1140. The van der Waals surface area contributed by atoms with Crippen molar-refractivity contribution in [2.24, 2.45) is 0 Å². The Morgan fingerprint density at radius 1 is 1.12 bits per heavy atom. The number of carbonyl (C=O) groups excluding carboxylic acids is 2. The first-order valence-electron chi connectivity index (χ1n) is 9.43. The van der Waals surface area contributed by atoms with E-state index >= 15 is 0 Å². The van der Waals surface area contributed by atoms with Crippen LogP contribution in [-0.4, -0.2) is 38.1 Å². The van der Waals surface area contributed by atoms with Crippen molar-refractivity contribution in [3.63, 3.8) is 0 Å². The molecule has 3 aromatic rings. The van der Waals surface area contributed by atoms with E-state index in [1.54, 1.807) is 26.0 Å². The third-order valence-corrected chi connectivity index (χ3v) is 4.58. The number of pyridine rings is 1. The Morgan fingerprint density at radius 2 is 1.85 bits per heavy atom. The molecule has 8 nitrogen and oxygen atoms in total. The molecule has 1 aromatic carbocycles. The molecule has 2 heterocycles. The number of alkyl halides is 3. The number of aromatic nitrogens is 4. The van der Waals surface area contributed by atoms with Crippen LogP contribution in [0.3, 0.4) is 0 Å². The lowest BCUT2D eigenvalue weighted by molar-refractivity contribution is -0.137. The normalized spacial score (nSPS) is 11.9. The molecule has 0 bridgehead atoms. The van der Waals surface area contributed by atoms with Crippen molar-refractivity contribution in [3.8, 4) is 5.82 Å². The number of rotatable bonds is 6. The molecule has 2 N–H and O–H groups in total. The van der Waals surface area contributed by atoms with Gasteiger partial charge >= 0.3 is 6.18 Å². The van der Waals surface area contributed by atoms with Gasteiger partial charge in [-0.15, -0.1) is 0 Å². The predicted octanol–water partition coefficient (Wildman–Crippen LogP) is 3.69. The van der Waals surface area contributed by atoms with Gasteiger partial charge in [-0.1, -0.05) is 11.6 Å². The first-order chi connectivity index (χ1) is 15.1. The average molecular weight is 501 g/mol. The predicted molar refractivity (Wildman–Crippen MR) is 120 cm³/mol. The summed E-state index contributed by atoms with van der Waals surface area (Å²) >= 11 is 5.75. The number of nitrogens with one attached hydrogen (secondary N) is 2. The van der Waals surface area contributed by atoms with Gasteiger partial charge in [-0.25, -0.2) is 9.97 Å². The summed E-state index contributed by atoms with van der Waals surface area (Å²) in [4.78, 5) is 32.7. The molecule has 0 unspecified atom stereocenters. The fraction of sp³-hybridized carbons (Fsp3) is 0.250. The molecule has 0 spiro atoms. The van der Waals surface area contributed by atoms with E-state index in [2.05, 4.69) is 25.7 Å². The van der Waals surface area contributed by atoms with Crippen molar-refractivity contribution in [1.29, 1.82) is 0 Å². The number of carbonyl (C=O) groups is 2. The fourth-order valence-electron chi connectivity index (χ4n) is 2.86. The number of hydrogen-bond donors (Lipinski definition) is 2. The number of nitrogens with zero attached hydrogens (tertiary/aromatic N) is 4. The van der Waals surface area contributed by atoms with E-state index in [1.807, 2.05) is 0 Å². The smallest absolute Gasteiger partial charge is 0.352 e. The molecule has 0 saturated carbocycles. The van der Waals surface area contributed by atoms with E-state index < -0.39 is 23.7 Å². The van der Waals surface area contributed by atoms with Crippen LogP contribution in [0.4, 0.5) is 13.2 Å². The summed E-state index contributed by atoms with van der Waals surface area (Å²) in [7, 11) is 0. The second kappa shape index (κ2) is 10.7. The first kappa shape index (κ1) is 26.1. The summed E-state index contributed by atoms with van der Waals surface area (Å²) in [6.45, 7) is 3.86. The van der Waals surface area contributed by atoms with Gasteiger partial charge in [0, 0.05) is 23.3 Å². The Morgan fingerprint density at radius 3 is 2.45 bits per heavy atom. The van der Waals surface area contributed by atoms with Crippen LogP contribution in [0.25, 0.3) is 5.82 Å². The molecule has 0 aliphatic carbocycles. The van der Waals surface area contributed by atoms with Crippen molar-refractivity contribution in [2.75, 3.05) is 6.54 Å². The highest BCUT2D eigenvalue weighted by molar-refractivity contribution is 7.59. The second-order valence-corrected chi connectivity index (χ2v) is 7.15. The molecule has 176 valence electrons. The summed E-state index contributed by atoms with van der Waals surface area (Å²) in [6, 6.07) is 5.00. The lowest BCUT2D eigenvalue weighted by Crippen LogP contribution is -2.29. The topological polar surface area (TPSA) is 102 Å². The van der Waals surface area contributed by atoms with Crippen LogP contribution in [0.5, 0.6) is 0 Å². The molecule has 0 saturated heterocycles. The zero-order chi connectivity index (χ0) is 23.5.